The summed E-state index contributed by atoms with van der Waals surface area (Å²) in [6.07, 6.45) is 3.36. The number of para-hydroxylation sites is 1. The van der Waals surface area contributed by atoms with E-state index in [1.807, 2.05) is 0 Å². The van der Waals surface area contributed by atoms with Crippen LogP contribution in [-0.2, 0) is 11.5 Å². The van der Waals surface area contributed by atoms with Crippen molar-refractivity contribution in [2.24, 2.45) is 0 Å². The molecule has 1 aromatic carbocycles. The molecule has 1 aromatic heterocycles. The van der Waals surface area contributed by atoms with Gasteiger partial charge in [0, 0.05) is 38.3 Å². The Morgan fingerprint density at radius 3 is 2.73 bits per heavy atom. The Labute approximate surface area is 132 Å². The first-order valence-electron chi connectivity index (χ1n) is 7.36. The molecule has 2 N–H and O–H groups in total. The molecule has 0 spiro atoms. The highest BCUT2D eigenvalue weighted by atomic mass is 28.3. The van der Waals surface area contributed by atoms with Crippen LogP contribution in [0.2, 0.25) is 25.7 Å². The van der Waals surface area contributed by atoms with Gasteiger partial charge in [0.2, 0.25) is 5.78 Å². The number of ketones is 1. The molecule has 0 amide bonds. The van der Waals surface area contributed by atoms with Gasteiger partial charge in [-0.1, -0.05) is 31.8 Å². The molecular weight excluding hydrogens is 294 g/mol. The van der Waals surface area contributed by atoms with Crippen LogP contribution in [0.15, 0.2) is 36.7 Å². The first-order valence-corrected chi connectivity index (χ1v) is 11.1. The fourth-order valence-electron chi connectivity index (χ4n) is 1.99. The number of imidazole rings is 1. The quantitative estimate of drug-likeness (QED) is 0.369. The molecule has 0 radical (unpaired) electrons. The van der Waals surface area contributed by atoms with Gasteiger partial charge in [-0.25, -0.2) is 4.98 Å². The van der Waals surface area contributed by atoms with E-state index in [1.54, 1.807) is 41.2 Å². The molecule has 0 aliphatic heterocycles. The normalized spacial score (nSPS) is 11.6. The Hall–Kier alpha value is -1.92. The van der Waals surface area contributed by atoms with Gasteiger partial charge < -0.3 is 15.0 Å². The summed E-state index contributed by atoms with van der Waals surface area (Å²) in [7, 11) is -1.11. The summed E-state index contributed by atoms with van der Waals surface area (Å²) in [5.41, 5.74) is 6.79. The number of nitrogens with zero attached hydrogens (tertiary/aromatic N) is 2. The maximum atomic E-state index is 12.5. The van der Waals surface area contributed by atoms with Gasteiger partial charge in [0.1, 0.15) is 6.73 Å². The van der Waals surface area contributed by atoms with E-state index in [4.69, 9.17) is 10.5 Å². The predicted molar refractivity (Wildman–Crippen MR) is 90.6 cm³/mol. The Balaban J connectivity index is 2.04. The Morgan fingerprint density at radius 1 is 1.32 bits per heavy atom. The molecule has 5 nitrogen and oxygen atoms in total. The van der Waals surface area contributed by atoms with Crippen molar-refractivity contribution in [3.8, 4) is 0 Å². The van der Waals surface area contributed by atoms with Gasteiger partial charge in [-0.05, 0) is 18.2 Å². The van der Waals surface area contributed by atoms with E-state index in [1.165, 1.54) is 0 Å². The lowest BCUT2D eigenvalue weighted by Crippen LogP contribution is -2.22. The minimum absolute atomic E-state index is 0.183. The summed E-state index contributed by atoms with van der Waals surface area (Å²) >= 11 is 0. The van der Waals surface area contributed by atoms with Crippen molar-refractivity contribution in [3.63, 3.8) is 0 Å². The fraction of sp³-hybridized carbons (Fsp3) is 0.375. The minimum atomic E-state index is -1.11. The average molecular weight is 317 g/mol. The summed E-state index contributed by atoms with van der Waals surface area (Å²) < 4.78 is 7.41. The lowest BCUT2D eigenvalue weighted by molar-refractivity contribution is 0.0812. The van der Waals surface area contributed by atoms with Crippen LogP contribution in [0.1, 0.15) is 16.2 Å². The number of ether oxygens (including phenoxy) is 1. The third-order valence-electron chi connectivity index (χ3n) is 3.35. The minimum Gasteiger partial charge on any atom is -0.398 e. The van der Waals surface area contributed by atoms with Crippen molar-refractivity contribution < 1.29 is 9.53 Å². The molecule has 2 rings (SSSR count). The second-order valence-corrected chi connectivity index (χ2v) is 12.1. The smallest absolute Gasteiger partial charge is 0.230 e. The highest BCUT2D eigenvalue weighted by Crippen LogP contribution is 2.15. The lowest BCUT2D eigenvalue weighted by atomic mass is 10.1. The van der Waals surface area contributed by atoms with E-state index >= 15 is 0 Å². The SMILES string of the molecule is C[Si](C)(C)CCOCn1ccnc1C(=O)c1ccccc1N. The van der Waals surface area contributed by atoms with Crippen LogP contribution >= 0.6 is 0 Å². The van der Waals surface area contributed by atoms with Gasteiger partial charge in [-0.2, -0.15) is 0 Å². The average Bonchev–Trinajstić information content (AvgIpc) is 2.91. The third-order valence-corrected chi connectivity index (χ3v) is 5.05. The zero-order chi connectivity index (χ0) is 16.2. The Kier molecular flexibility index (Phi) is 5.15. The molecule has 22 heavy (non-hydrogen) atoms. The van der Waals surface area contributed by atoms with Crippen molar-refractivity contribution in [2.45, 2.75) is 32.4 Å². The van der Waals surface area contributed by atoms with E-state index in [0.717, 1.165) is 6.04 Å². The van der Waals surface area contributed by atoms with Crippen LogP contribution < -0.4 is 5.73 Å². The molecule has 118 valence electrons. The number of hydrogen-bond acceptors (Lipinski definition) is 4. The van der Waals surface area contributed by atoms with Crippen LogP contribution in [0.5, 0.6) is 0 Å². The number of nitrogen functional groups attached to an aromatic ring is 1. The van der Waals surface area contributed by atoms with Gasteiger partial charge in [0.25, 0.3) is 0 Å². The summed E-state index contributed by atoms with van der Waals surface area (Å²) in [4.78, 5) is 16.7. The summed E-state index contributed by atoms with van der Waals surface area (Å²) in [6.45, 7) is 7.95. The van der Waals surface area contributed by atoms with Gasteiger partial charge in [0.05, 0.1) is 0 Å². The standard InChI is InChI=1S/C16H23N3O2Si/c1-22(2,3)11-10-21-12-19-9-8-18-16(19)15(20)13-6-4-5-7-14(13)17/h4-9H,10-12,17H2,1-3H3. The predicted octanol–water partition coefficient (Wildman–Crippen LogP) is 3.01. The van der Waals surface area contributed by atoms with Crippen LogP contribution in [0.3, 0.4) is 0 Å². The molecule has 2 aromatic rings. The molecule has 1 heterocycles. The molecule has 0 atom stereocenters. The maximum absolute atomic E-state index is 12.5. The van der Waals surface area contributed by atoms with E-state index in [-0.39, 0.29) is 5.78 Å². The molecular formula is C16H23N3O2Si. The second kappa shape index (κ2) is 6.89. The number of rotatable bonds is 7. The summed E-state index contributed by atoms with van der Waals surface area (Å²) in [5.74, 6) is 0.169. The van der Waals surface area contributed by atoms with Crippen molar-refractivity contribution in [1.82, 2.24) is 9.55 Å². The molecule has 0 saturated carbocycles. The zero-order valence-electron chi connectivity index (χ0n) is 13.4. The number of carbonyl (C=O) groups excluding carboxylic acids is 1. The van der Waals surface area contributed by atoms with Crippen LogP contribution in [-0.4, -0.2) is 30.0 Å². The van der Waals surface area contributed by atoms with E-state index in [2.05, 4.69) is 24.6 Å². The van der Waals surface area contributed by atoms with Gasteiger partial charge in [0.15, 0.2) is 5.82 Å². The van der Waals surface area contributed by atoms with Crippen LogP contribution in [0, 0.1) is 0 Å². The lowest BCUT2D eigenvalue weighted by Gasteiger charge is -2.16. The third kappa shape index (κ3) is 4.28. The summed E-state index contributed by atoms with van der Waals surface area (Å²) in [5, 5.41) is 0. The van der Waals surface area contributed by atoms with Crippen molar-refractivity contribution >= 4 is 19.5 Å². The number of aromatic nitrogens is 2. The molecule has 0 aliphatic rings. The summed E-state index contributed by atoms with van der Waals surface area (Å²) in [6, 6.07) is 8.11. The highest BCUT2D eigenvalue weighted by molar-refractivity contribution is 6.76. The largest absolute Gasteiger partial charge is 0.398 e. The van der Waals surface area contributed by atoms with Crippen molar-refractivity contribution in [3.05, 3.63) is 48.0 Å². The second-order valence-electron chi connectivity index (χ2n) is 6.49. The number of benzene rings is 1. The van der Waals surface area contributed by atoms with E-state index in [0.29, 0.717) is 30.4 Å². The van der Waals surface area contributed by atoms with Crippen molar-refractivity contribution in [2.75, 3.05) is 12.3 Å². The van der Waals surface area contributed by atoms with Gasteiger partial charge in [-0.3, -0.25) is 4.79 Å². The number of anilines is 1. The number of hydrogen-bond donors (Lipinski definition) is 1. The molecule has 0 unspecified atom stereocenters. The maximum Gasteiger partial charge on any atom is 0.230 e. The Morgan fingerprint density at radius 2 is 2.05 bits per heavy atom. The van der Waals surface area contributed by atoms with Crippen molar-refractivity contribution in [1.29, 1.82) is 0 Å². The number of carbonyl (C=O) groups is 1. The molecule has 6 heteroatoms. The van der Waals surface area contributed by atoms with Gasteiger partial charge >= 0.3 is 0 Å². The van der Waals surface area contributed by atoms with E-state index in [9.17, 15) is 4.79 Å². The zero-order valence-corrected chi connectivity index (χ0v) is 14.4. The van der Waals surface area contributed by atoms with Gasteiger partial charge in [-0.15, -0.1) is 0 Å². The fourth-order valence-corrected chi connectivity index (χ4v) is 2.74. The molecule has 0 aliphatic carbocycles. The van der Waals surface area contributed by atoms with Crippen LogP contribution in [0.25, 0.3) is 0 Å². The topological polar surface area (TPSA) is 70.1 Å². The monoisotopic (exact) mass is 317 g/mol. The molecule has 0 saturated heterocycles. The molecule has 0 bridgehead atoms. The number of nitrogens with two attached hydrogens (primary N) is 1. The Bertz CT molecular complexity index is 647. The first-order chi connectivity index (χ1) is 10.4. The highest BCUT2D eigenvalue weighted by Gasteiger charge is 2.17. The van der Waals surface area contributed by atoms with E-state index < -0.39 is 8.07 Å². The van der Waals surface area contributed by atoms with Crippen LogP contribution in [0.4, 0.5) is 5.69 Å². The molecule has 0 fully saturated rings. The first kappa shape index (κ1) is 16.4.